The molecule has 0 atom stereocenters. The van der Waals surface area contributed by atoms with E-state index in [-0.39, 0.29) is 5.91 Å². The molecule has 6 heteroatoms. The molecule has 0 fully saturated rings. The number of amides is 1. The summed E-state index contributed by atoms with van der Waals surface area (Å²) in [5.41, 5.74) is 3.52. The quantitative estimate of drug-likeness (QED) is 0.629. The average molecular weight is 344 g/mol. The van der Waals surface area contributed by atoms with E-state index >= 15 is 0 Å². The Morgan fingerprint density at radius 2 is 1.96 bits per heavy atom. The summed E-state index contributed by atoms with van der Waals surface area (Å²) < 4.78 is 7.50. The van der Waals surface area contributed by atoms with Crippen LogP contribution < -0.4 is 0 Å². The number of fused-ring (bicyclic) bond motifs is 4. The Morgan fingerprint density at radius 1 is 1.08 bits per heavy atom. The number of carbonyl (C=O) groups is 1. The topological polar surface area (TPSA) is 68.3 Å². The maximum Gasteiger partial charge on any atom is 0.277 e. The number of rotatable bonds is 0. The molecule has 3 heterocycles. The molecular weight excluding hydrogens is 328 g/mol. The Labute approximate surface area is 150 Å². The first-order chi connectivity index (χ1) is 12.8. The molecule has 1 aliphatic heterocycles. The van der Waals surface area contributed by atoms with E-state index in [9.17, 15) is 4.79 Å². The van der Waals surface area contributed by atoms with Crippen molar-refractivity contribution in [3.63, 3.8) is 0 Å². The van der Waals surface area contributed by atoms with Gasteiger partial charge in [-0.3, -0.25) is 14.2 Å². The molecule has 1 aliphatic rings. The van der Waals surface area contributed by atoms with Gasteiger partial charge < -0.3 is 4.74 Å². The molecule has 0 saturated heterocycles. The first-order valence-corrected chi connectivity index (χ1v) is 8.22. The molecule has 128 valence electrons. The fourth-order valence-electron chi connectivity index (χ4n) is 2.78. The van der Waals surface area contributed by atoms with Crippen LogP contribution in [0.3, 0.4) is 0 Å². The summed E-state index contributed by atoms with van der Waals surface area (Å²) >= 11 is 0. The van der Waals surface area contributed by atoms with E-state index in [2.05, 4.69) is 15.0 Å². The van der Waals surface area contributed by atoms with Crippen molar-refractivity contribution in [3.05, 3.63) is 77.4 Å². The van der Waals surface area contributed by atoms with Gasteiger partial charge in [-0.05, 0) is 29.8 Å². The molecule has 2 aromatic heterocycles. The number of benzene rings is 1. The standard InChI is InChI=1S/C20H16N4O2/c25-20-16-6-2-1-5-15(16)14-26-12-10-21-9-8-18-17(13-22-20)23-19-7-3-4-11-24(18)19/h1-11,13H,12,14H2/b9-8-,21-10?,22-13?. The molecule has 26 heavy (non-hydrogen) atoms. The summed E-state index contributed by atoms with van der Waals surface area (Å²) in [5.74, 6) is -0.318. The van der Waals surface area contributed by atoms with Crippen LogP contribution in [0, 0.1) is 0 Å². The summed E-state index contributed by atoms with van der Waals surface area (Å²) in [4.78, 5) is 25.5. The van der Waals surface area contributed by atoms with Crippen LogP contribution in [0.4, 0.5) is 0 Å². The summed E-state index contributed by atoms with van der Waals surface area (Å²) in [5, 5.41) is 0. The van der Waals surface area contributed by atoms with Crippen molar-refractivity contribution >= 4 is 30.1 Å². The van der Waals surface area contributed by atoms with E-state index < -0.39 is 0 Å². The van der Waals surface area contributed by atoms with E-state index in [0.29, 0.717) is 24.5 Å². The highest BCUT2D eigenvalue weighted by Gasteiger charge is 2.12. The molecule has 0 N–H and O–H groups in total. The third-order valence-electron chi connectivity index (χ3n) is 4.02. The lowest BCUT2D eigenvalue weighted by atomic mass is 10.1. The van der Waals surface area contributed by atoms with Gasteiger partial charge in [0, 0.05) is 24.2 Å². The van der Waals surface area contributed by atoms with Crippen molar-refractivity contribution < 1.29 is 9.53 Å². The van der Waals surface area contributed by atoms with Crippen molar-refractivity contribution in [1.82, 2.24) is 9.38 Å². The number of hydrogen-bond donors (Lipinski definition) is 0. The Bertz CT molecular complexity index is 1050. The zero-order chi connectivity index (χ0) is 17.8. The van der Waals surface area contributed by atoms with Crippen LogP contribution in [0.15, 0.2) is 64.8 Å². The third kappa shape index (κ3) is 3.22. The molecule has 6 nitrogen and oxygen atoms in total. The number of ether oxygens (including phenoxy) is 1. The second-order valence-electron chi connectivity index (χ2n) is 5.69. The fraction of sp³-hybridized carbons (Fsp3) is 0.100. The van der Waals surface area contributed by atoms with Crippen molar-refractivity contribution in [1.29, 1.82) is 0 Å². The van der Waals surface area contributed by atoms with Crippen LogP contribution in [-0.4, -0.2) is 34.3 Å². The maximum absolute atomic E-state index is 12.6. The highest BCUT2D eigenvalue weighted by Crippen LogP contribution is 2.15. The smallest absolute Gasteiger partial charge is 0.277 e. The predicted octanol–water partition coefficient (Wildman–Crippen LogP) is 3.17. The number of imidazole rings is 1. The van der Waals surface area contributed by atoms with Gasteiger partial charge in [-0.1, -0.05) is 24.3 Å². The summed E-state index contributed by atoms with van der Waals surface area (Å²) in [6, 6.07) is 13.0. The second-order valence-corrected chi connectivity index (χ2v) is 5.69. The number of aromatic nitrogens is 2. The van der Waals surface area contributed by atoms with Gasteiger partial charge in [0.1, 0.15) is 11.3 Å². The minimum atomic E-state index is -0.318. The molecule has 4 rings (SSSR count). The van der Waals surface area contributed by atoms with Gasteiger partial charge in [0.15, 0.2) is 0 Å². The maximum atomic E-state index is 12.6. The summed E-state index contributed by atoms with van der Waals surface area (Å²) in [6.45, 7) is 0.683. The molecule has 0 radical (unpaired) electrons. The Morgan fingerprint density at radius 3 is 2.92 bits per heavy atom. The second kappa shape index (κ2) is 7.25. The Hall–Kier alpha value is -3.38. The largest absolute Gasteiger partial charge is 0.371 e. The van der Waals surface area contributed by atoms with E-state index in [0.717, 1.165) is 16.9 Å². The van der Waals surface area contributed by atoms with Gasteiger partial charge >= 0.3 is 0 Å². The summed E-state index contributed by atoms with van der Waals surface area (Å²) in [7, 11) is 0. The molecule has 1 amide bonds. The van der Waals surface area contributed by atoms with Crippen LogP contribution in [0.5, 0.6) is 0 Å². The zero-order valence-corrected chi connectivity index (χ0v) is 13.9. The minimum absolute atomic E-state index is 0.318. The fourth-order valence-corrected chi connectivity index (χ4v) is 2.78. The van der Waals surface area contributed by atoms with Crippen LogP contribution in [0.25, 0.3) is 11.7 Å². The molecule has 3 aromatic rings. The van der Waals surface area contributed by atoms with Crippen molar-refractivity contribution in [2.75, 3.05) is 6.61 Å². The van der Waals surface area contributed by atoms with E-state index in [1.807, 2.05) is 53.1 Å². The van der Waals surface area contributed by atoms with Crippen LogP contribution in [0.2, 0.25) is 0 Å². The van der Waals surface area contributed by atoms with Gasteiger partial charge in [-0.2, -0.15) is 0 Å². The molecule has 0 spiro atoms. The zero-order valence-electron chi connectivity index (χ0n) is 13.9. The number of nitrogens with zero attached hydrogens (tertiary/aromatic N) is 4. The Kier molecular flexibility index (Phi) is 4.49. The first-order valence-electron chi connectivity index (χ1n) is 8.22. The molecule has 0 saturated carbocycles. The Balaban J connectivity index is 1.82. The molecule has 1 aromatic carbocycles. The van der Waals surface area contributed by atoms with Crippen LogP contribution >= 0.6 is 0 Å². The van der Waals surface area contributed by atoms with Gasteiger partial charge in [0.25, 0.3) is 5.91 Å². The van der Waals surface area contributed by atoms with Crippen molar-refractivity contribution in [3.8, 4) is 0 Å². The monoisotopic (exact) mass is 344 g/mol. The lowest BCUT2D eigenvalue weighted by Gasteiger charge is -2.06. The van der Waals surface area contributed by atoms with Gasteiger partial charge in [-0.15, -0.1) is 0 Å². The van der Waals surface area contributed by atoms with E-state index in [1.54, 1.807) is 18.5 Å². The number of aliphatic imine (C=N–C) groups is 2. The normalized spacial score (nSPS) is 16.1. The number of carbonyl (C=O) groups excluding carboxylic acids is 1. The number of pyridine rings is 1. The van der Waals surface area contributed by atoms with Crippen LogP contribution in [-0.2, 0) is 11.3 Å². The average Bonchev–Trinajstić information content (AvgIpc) is 3.03. The van der Waals surface area contributed by atoms with Gasteiger partial charge in [0.2, 0.25) is 0 Å². The highest BCUT2D eigenvalue weighted by atomic mass is 16.5. The predicted molar refractivity (Wildman–Crippen MR) is 101 cm³/mol. The lowest BCUT2D eigenvalue weighted by molar-refractivity contribution is 0.0997. The van der Waals surface area contributed by atoms with E-state index in [4.69, 9.17) is 4.74 Å². The van der Waals surface area contributed by atoms with E-state index in [1.165, 1.54) is 6.21 Å². The molecular formula is C20H16N4O2. The molecule has 0 aliphatic carbocycles. The van der Waals surface area contributed by atoms with Crippen molar-refractivity contribution in [2.24, 2.45) is 9.98 Å². The summed E-state index contributed by atoms with van der Waals surface area (Å²) in [6.07, 6.45) is 8.61. The van der Waals surface area contributed by atoms with Crippen molar-refractivity contribution in [2.45, 2.75) is 6.61 Å². The molecule has 0 bridgehead atoms. The lowest BCUT2D eigenvalue weighted by Crippen LogP contribution is -2.05. The van der Waals surface area contributed by atoms with Crippen LogP contribution in [0.1, 0.15) is 27.3 Å². The van der Waals surface area contributed by atoms with Gasteiger partial charge in [-0.25, -0.2) is 9.98 Å². The first kappa shape index (κ1) is 16.1. The minimum Gasteiger partial charge on any atom is -0.371 e. The molecule has 0 unspecified atom stereocenters. The van der Waals surface area contributed by atoms with Gasteiger partial charge in [0.05, 0.1) is 25.1 Å². The SMILES string of the molecule is O=C1N=Cc2nc3ccccn3c2/C=C\N=CCOCc2ccccc21. The number of hydrogen-bond acceptors (Lipinski definition) is 4. The highest BCUT2D eigenvalue weighted by molar-refractivity contribution is 6.03. The third-order valence-corrected chi connectivity index (χ3v) is 4.02.